The van der Waals surface area contributed by atoms with Crippen molar-refractivity contribution in [2.75, 3.05) is 26.7 Å². The second-order valence-electron chi connectivity index (χ2n) is 4.97. The zero-order chi connectivity index (χ0) is 13.5. The highest BCUT2D eigenvalue weighted by molar-refractivity contribution is 5.74. The van der Waals surface area contributed by atoms with Crippen molar-refractivity contribution >= 4 is 12.0 Å². The minimum absolute atomic E-state index is 0.000461. The van der Waals surface area contributed by atoms with E-state index in [9.17, 15) is 9.59 Å². The third-order valence-corrected chi connectivity index (χ3v) is 3.32. The second-order valence-corrected chi connectivity index (χ2v) is 4.97. The normalized spacial score (nSPS) is 21.6. The fourth-order valence-corrected chi connectivity index (χ4v) is 2.13. The number of carboxylic acids is 1. The van der Waals surface area contributed by atoms with Crippen molar-refractivity contribution in [2.24, 2.45) is 5.92 Å². The van der Waals surface area contributed by atoms with Gasteiger partial charge in [0.15, 0.2) is 0 Å². The summed E-state index contributed by atoms with van der Waals surface area (Å²) in [5, 5.41) is 14.4. The van der Waals surface area contributed by atoms with E-state index in [1.165, 1.54) is 0 Å². The topological polar surface area (TPSA) is 81.7 Å². The summed E-state index contributed by atoms with van der Waals surface area (Å²) in [6.45, 7) is 4.22. The molecular formula is C12H23N3O3. The number of carboxylic acid groups (broad SMARTS) is 1. The Kier molecular flexibility index (Phi) is 5.91. The van der Waals surface area contributed by atoms with E-state index in [4.69, 9.17) is 5.11 Å². The molecular weight excluding hydrogens is 234 g/mol. The molecule has 3 N–H and O–H groups in total. The summed E-state index contributed by atoms with van der Waals surface area (Å²) in [7, 11) is 2.03. The number of hydrogen-bond acceptors (Lipinski definition) is 3. The van der Waals surface area contributed by atoms with Gasteiger partial charge in [0.1, 0.15) is 0 Å². The molecule has 0 bridgehead atoms. The molecule has 1 aliphatic rings. The van der Waals surface area contributed by atoms with Gasteiger partial charge in [-0.3, -0.25) is 4.79 Å². The maximum absolute atomic E-state index is 11.6. The Balaban J connectivity index is 2.21. The first-order valence-corrected chi connectivity index (χ1v) is 6.46. The molecule has 0 aromatic rings. The Morgan fingerprint density at radius 2 is 2.22 bits per heavy atom. The van der Waals surface area contributed by atoms with Crippen LogP contribution in [-0.4, -0.2) is 54.7 Å². The van der Waals surface area contributed by atoms with Crippen LogP contribution in [0.4, 0.5) is 4.79 Å². The zero-order valence-electron chi connectivity index (χ0n) is 11.1. The number of nitrogens with zero attached hydrogens (tertiary/aromatic N) is 1. The van der Waals surface area contributed by atoms with Crippen molar-refractivity contribution in [3.05, 3.63) is 0 Å². The lowest BCUT2D eigenvalue weighted by Crippen LogP contribution is -2.44. The van der Waals surface area contributed by atoms with Crippen LogP contribution in [0.3, 0.4) is 0 Å². The summed E-state index contributed by atoms with van der Waals surface area (Å²) < 4.78 is 0. The molecule has 0 aliphatic carbocycles. The Morgan fingerprint density at radius 1 is 1.50 bits per heavy atom. The molecule has 1 saturated heterocycles. The standard InChI is InChI=1S/C12H23N3O3/c1-3-9(6-11(16)17)7-13-12(18)14-10-4-5-15(2)8-10/h9-10H,3-8H2,1-2H3,(H,16,17)(H2,13,14,18). The average molecular weight is 257 g/mol. The lowest BCUT2D eigenvalue weighted by atomic mass is 10.0. The van der Waals surface area contributed by atoms with Crippen molar-refractivity contribution in [1.29, 1.82) is 0 Å². The number of rotatable bonds is 6. The van der Waals surface area contributed by atoms with Gasteiger partial charge in [-0.1, -0.05) is 13.3 Å². The number of aliphatic carboxylic acids is 1. The Labute approximate surface area is 108 Å². The van der Waals surface area contributed by atoms with Gasteiger partial charge in [0, 0.05) is 25.6 Å². The first-order chi connectivity index (χ1) is 8.51. The van der Waals surface area contributed by atoms with Crippen LogP contribution in [0.1, 0.15) is 26.2 Å². The summed E-state index contributed by atoms with van der Waals surface area (Å²) in [5.74, 6) is -0.819. The van der Waals surface area contributed by atoms with E-state index in [0.717, 1.165) is 25.9 Å². The number of likely N-dealkylation sites (N-methyl/N-ethyl adjacent to an activating group) is 1. The summed E-state index contributed by atoms with van der Waals surface area (Å²) in [6, 6.07) is 0.00805. The third-order valence-electron chi connectivity index (χ3n) is 3.32. The fourth-order valence-electron chi connectivity index (χ4n) is 2.13. The van der Waals surface area contributed by atoms with E-state index < -0.39 is 5.97 Å². The lowest BCUT2D eigenvalue weighted by Gasteiger charge is -2.16. The molecule has 1 rings (SSSR count). The van der Waals surface area contributed by atoms with E-state index in [2.05, 4.69) is 15.5 Å². The molecule has 0 radical (unpaired) electrons. The van der Waals surface area contributed by atoms with E-state index >= 15 is 0 Å². The van der Waals surface area contributed by atoms with Crippen molar-refractivity contribution < 1.29 is 14.7 Å². The number of carbonyl (C=O) groups excluding carboxylic acids is 1. The van der Waals surface area contributed by atoms with Crippen LogP contribution in [0.25, 0.3) is 0 Å². The van der Waals surface area contributed by atoms with E-state index in [0.29, 0.717) is 6.54 Å². The van der Waals surface area contributed by atoms with Gasteiger partial charge in [-0.05, 0) is 25.9 Å². The number of hydrogen-bond donors (Lipinski definition) is 3. The van der Waals surface area contributed by atoms with Crippen LogP contribution in [-0.2, 0) is 4.79 Å². The quantitative estimate of drug-likeness (QED) is 0.647. The Morgan fingerprint density at radius 3 is 2.72 bits per heavy atom. The van der Waals surface area contributed by atoms with Crippen LogP contribution >= 0.6 is 0 Å². The van der Waals surface area contributed by atoms with Gasteiger partial charge >= 0.3 is 12.0 Å². The third kappa shape index (κ3) is 5.35. The van der Waals surface area contributed by atoms with E-state index in [1.807, 2.05) is 14.0 Å². The molecule has 1 heterocycles. The molecule has 0 aromatic carbocycles. The lowest BCUT2D eigenvalue weighted by molar-refractivity contribution is -0.138. The largest absolute Gasteiger partial charge is 0.481 e. The highest BCUT2D eigenvalue weighted by Gasteiger charge is 2.21. The van der Waals surface area contributed by atoms with Gasteiger partial charge in [-0.2, -0.15) is 0 Å². The maximum atomic E-state index is 11.6. The first kappa shape index (κ1) is 14.8. The number of likely N-dealkylation sites (tertiary alicyclic amines) is 1. The molecule has 6 heteroatoms. The van der Waals surface area contributed by atoms with Gasteiger partial charge in [0.25, 0.3) is 0 Å². The van der Waals surface area contributed by atoms with Crippen LogP contribution in [0.5, 0.6) is 0 Å². The molecule has 2 amide bonds. The van der Waals surface area contributed by atoms with Crippen molar-refractivity contribution in [3.8, 4) is 0 Å². The Bertz CT molecular complexity index is 296. The highest BCUT2D eigenvalue weighted by atomic mass is 16.4. The smallest absolute Gasteiger partial charge is 0.315 e. The van der Waals surface area contributed by atoms with Gasteiger partial charge in [-0.25, -0.2) is 4.79 Å². The number of carbonyl (C=O) groups is 2. The molecule has 1 aliphatic heterocycles. The molecule has 2 unspecified atom stereocenters. The van der Waals surface area contributed by atoms with Gasteiger partial charge in [-0.15, -0.1) is 0 Å². The summed E-state index contributed by atoms with van der Waals surface area (Å²) in [6.07, 6.45) is 1.82. The molecule has 6 nitrogen and oxygen atoms in total. The maximum Gasteiger partial charge on any atom is 0.315 e. The molecule has 0 spiro atoms. The van der Waals surface area contributed by atoms with E-state index in [-0.39, 0.29) is 24.4 Å². The van der Waals surface area contributed by atoms with Crippen molar-refractivity contribution in [2.45, 2.75) is 32.2 Å². The van der Waals surface area contributed by atoms with Crippen LogP contribution in [0.2, 0.25) is 0 Å². The molecule has 104 valence electrons. The Hall–Kier alpha value is -1.30. The number of amides is 2. The van der Waals surface area contributed by atoms with Crippen LogP contribution in [0, 0.1) is 5.92 Å². The predicted molar refractivity (Wildman–Crippen MR) is 68.5 cm³/mol. The molecule has 0 aromatic heterocycles. The van der Waals surface area contributed by atoms with Gasteiger partial charge < -0.3 is 20.6 Å². The summed E-state index contributed by atoms with van der Waals surface area (Å²) in [5.41, 5.74) is 0. The minimum atomic E-state index is -0.818. The molecule has 1 fully saturated rings. The molecule has 18 heavy (non-hydrogen) atoms. The molecule has 2 atom stereocenters. The fraction of sp³-hybridized carbons (Fsp3) is 0.833. The number of urea groups is 1. The number of nitrogens with one attached hydrogen (secondary N) is 2. The highest BCUT2D eigenvalue weighted by Crippen LogP contribution is 2.07. The minimum Gasteiger partial charge on any atom is -0.481 e. The predicted octanol–water partition coefficient (Wildman–Crippen LogP) is 0.491. The van der Waals surface area contributed by atoms with Crippen molar-refractivity contribution in [1.82, 2.24) is 15.5 Å². The van der Waals surface area contributed by atoms with Crippen LogP contribution in [0.15, 0.2) is 0 Å². The van der Waals surface area contributed by atoms with E-state index in [1.54, 1.807) is 0 Å². The zero-order valence-corrected chi connectivity index (χ0v) is 11.1. The van der Waals surface area contributed by atoms with Crippen LogP contribution < -0.4 is 10.6 Å². The van der Waals surface area contributed by atoms with Gasteiger partial charge in [0.05, 0.1) is 0 Å². The first-order valence-electron chi connectivity index (χ1n) is 6.46. The summed E-state index contributed by atoms with van der Waals surface area (Å²) >= 11 is 0. The second kappa shape index (κ2) is 7.20. The average Bonchev–Trinajstić information content (AvgIpc) is 2.69. The monoisotopic (exact) mass is 257 g/mol. The van der Waals surface area contributed by atoms with Crippen molar-refractivity contribution in [3.63, 3.8) is 0 Å². The summed E-state index contributed by atoms with van der Waals surface area (Å²) in [4.78, 5) is 24.4. The SMILES string of the molecule is CCC(CNC(=O)NC1CCN(C)C1)CC(=O)O. The van der Waals surface area contributed by atoms with Gasteiger partial charge in [0.2, 0.25) is 0 Å². The molecule has 0 saturated carbocycles.